The fourth-order valence-electron chi connectivity index (χ4n) is 1.17. The Morgan fingerprint density at radius 3 is 2.69 bits per heavy atom. The summed E-state index contributed by atoms with van der Waals surface area (Å²) >= 11 is 1.43. The molecule has 1 atom stereocenters. The number of rotatable bonds is 4. The second-order valence-electron chi connectivity index (χ2n) is 4.09. The van der Waals surface area contributed by atoms with E-state index in [1.165, 1.54) is 11.3 Å². The van der Waals surface area contributed by atoms with E-state index < -0.39 is 0 Å². The van der Waals surface area contributed by atoms with Crippen molar-refractivity contribution in [2.24, 2.45) is 0 Å². The maximum absolute atomic E-state index is 11.8. The summed E-state index contributed by atoms with van der Waals surface area (Å²) in [6.45, 7) is 6.09. The van der Waals surface area contributed by atoms with Crippen molar-refractivity contribution in [3.05, 3.63) is 10.6 Å². The van der Waals surface area contributed by atoms with Gasteiger partial charge in [0.25, 0.3) is 5.91 Å². The van der Waals surface area contributed by atoms with Crippen LogP contribution < -0.4 is 5.32 Å². The minimum atomic E-state index is 0.0206. The number of aromatic nitrogens is 1. The molecule has 0 fully saturated rings. The zero-order valence-corrected chi connectivity index (χ0v) is 11.3. The van der Waals surface area contributed by atoms with E-state index in [2.05, 4.69) is 24.1 Å². The third-order valence-electron chi connectivity index (χ3n) is 2.38. The Kier molecular flexibility index (Phi) is 4.29. The van der Waals surface area contributed by atoms with Crippen LogP contribution >= 0.6 is 11.3 Å². The molecule has 0 spiro atoms. The van der Waals surface area contributed by atoms with Gasteiger partial charge >= 0.3 is 0 Å². The highest BCUT2D eigenvalue weighted by molar-refractivity contribution is 7.17. The maximum atomic E-state index is 11.8. The molecule has 0 unspecified atom stereocenters. The second-order valence-corrected chi connectivity index (χ2v) is 5.09. The normalized spacial score (nSPS) is 12.3. The van der Waals surface area contributed by atoms with Gasteiger partial charge in [-0.2, -0.15) is 0 Å². The third-order valence-corrected chi connectivity index (χ3v) is 3.46. The van der Waals surface area contributed by atoms with Crippen LogP contribution in [0.3, 0.4) is 0 Å². The van der Waals surface area contributed by atoms with Gasteiger partial charge in [0.2, 0.25) is 0 Å². The van der Waals surface area contributed by atoms with Gasteiger partial charge < -0.3 is 10.2 Å². The SMILES string of the molecule is CC[C@@H](C)Nc1nc(C)c(C(=O)N(C)C)s1. The number of hydrogen-bond acceptors (Lipinski definition) is 4. The molecular formula is C11H19N3OS. The molecule has 4 nitrogen and oxygen atoms in total. The number of nitrogens with zero attached hydrogens (tertiary/aromatic N) is 2. The van der Waals surface area contributed by atoms with Crippen LogP contribution in [0, 0.1) is 6.92 Å². The third kappa shape index (κ3) is 2.95. The van der Waals surface area contributed by atoms with Crippen LogP contribution in [0.15, 0.2) is 0 Å². The summed E-state index contributed by atoms with van der Waals surface area (Å²) in [5.74, 6) is 0.0206. The largest absolute Gasteiger partial charge is 0.359 e. The predicted octanol–water partition coefficient (Wildman–Crippen LogP) is 2.36. The summed E-state index contributed by atoms with van der Waals surface area (Å²) in [4.78, 5) is 18.5. The Morgan fingerprint density at radius 2 is 2.19 bits per heavy atom. The maximum Gasteiger partial charge on any atom is 0.265 e. The van der Waals surface area contributed by atoms with Crippen molar-refractivity contribution in [3.8, 4) is 0 Å². The van der Waals surface area contributed by atoms with Crippen LogP contribution in [0.1, 0.15) is 35.6 Å². The standard InChI is InChI=1S/C11H19N3OS/c1-6-7(2)12-11-13-8(3)9(16-11)10(15)14(4)5/h7H,6H2,1-5H3,(H,12,13)/t7-/m1/s1. The van der Waals surface area contributed by atoms with Crippen molar-refractivity contribution in [1.82, 2.24) is 9.88 Å². The highest BCUT2D eigenvalue weighted by atomic mass is 32.1. The molecule has 1 rings (SSSR count). The van der Waals surface area contributed by atoms with Gasteiger partial charge in [-0.3, -0.25) is 4.79 Å². The fraction of sp³-hybridized carbons (Fsp3) is 0.636. The van der Waals surface area contributed by atoms with E-state index in [0.29, 0.717) is 6.04 Å². The number of carbonyl (C=O) groups excluding carboxylic acids is 1. The fourth-order valence-corrected chi connectivity index (χ4v) is 2.27. The minimum Gasteiger partial charge on any atom is -0.359 e. The number of carbonyl (C=O) groups is 1. The van der Waals surface area contributed by atoms with Crippen LogP contribution in [0.4, 0.5) is 5.13 Å². The number of nitrogens with one attached hydrogen (secondary N) is 1. The number of thiazole rings is 1. The zero-order valence-electron chi connectivity index (χ0n) is 10.5. The molecule has 1 N–H and O–H groups in total. The molecule has 0 radical (unpaired) electrons. The van der Waals surface area contributed by atoms with Crippen molar-refractivity contribution in [2.75, 3.05) is 19.4 Å². The predicted molar refractivity (Wildman–Crippen MR) is 68.2 cm³/mol. The van der Waals surface area contributed by atoms with Gasteiger partial charge in [-0.05, 0) is 20.3 Å². The second kappa shape index (κ2) is 5.30. The average Bonchev–Trinajstić information content (AvgIpc) is 2.57. The lowest BCUT2D eigenvalue weighted by atomic mass is 10.3. The van der Waals surface area contributed by atoms with E-state index in [1.807, 2.05) is 6.92 Å². The smallest absolute Gasteiger partial charge is 0.265 e. The Bertz CT molecular complexity index is 373. The van der Waals surface area contributed by atoms with Crippen LogP contribution in [0.25, 0.3) is 0 Å². The molecule has 5 heteroatoms. The summed E-state index contributed by atoms with van der Waals surface area (Å²) in [5, 5.41) is 4.11. The Hall–Kier alpha value is -1.10. The van der Waals surface area contributed by atoms with Crippen LogP contribution in [0.5, 0.6) is 0 Å². The number of hydrogen-bond donors (Lipinski definition) is 1. The topological polar surface area (TPSA) is 45.2 Å². The van der Waals surface area contributed by atoms with E-state index in [4.69, 9.17) is 0 Å². The zero-order chi connectivity index (χ0) is 12.3. The Labute approximate surface area is 101 Å². The number of aryl methyl sites for hydroxylation is 1. The first-order valence-electron chi connectivity index (χ1n) is 5.41. The highest BCUT2D eigenvalue weighted by Crippen LogP contribution is 2.24. The first-order valence-corrected chi connectivity index (χ1v) is 6.23. The van der Waals surface area contributed by atoms with Crippen LogP contribution in [-0.4, -0.2) is 35.9 Å². The van der Waals surface area contributed by atoms with Gasteiger partial charge in [-0.1, -0.05) is 18.3 Å². The molecule has 0 aliphatic rings. The summed E-state index contributed by atoms with van der Waals surface area (Å²) in [7, 11) is 3.51. The van der Waals surface area contributed by atoms with Crippen molar-refractivity contribution in [1.29, 1.82) is 0 Å². The van der Waals surface area contributed by atoms with Crippen LogP contribution in [-0.2, 0) is 0 Å². The lowest BCUT2D eigenvalue weighted by molar-refractivity contribution is 0.0831. The lowest BCUT2D eigenvalue weighted by Gasteiger charge is -2.09. The summed E-state index contributed by atoms with van der Waals surface area (Å²) in [6.07, 6.45) is 1.04. The molecule has 16 heavy (non-hydrogen) atoms. The van der Waals surface area contributed by atoms with E-state index in [0.717, 1.165) is 22.1 Å². The molecule has 0 bridgehead atoms. The Morgan fingerprint density at radius 1 is 1.56 bits per heavy atom. The number of anilines is 1. The van der Waals surface area contributed by atoms with Crippen molar-refractivity contribution >= 4 is 22.4 Å². The minimum absolute atomic E-state index is 0.0206. The highest BCUT2D eigenvalue weighted by Gasteiger charge is 2.17. The van der Waals surface area contributed by atoms with Gasteiger partial charge in [0.1, 0.15) is 4.88 Å². The molecule has 0 aromatic carbocycles. The van der Waals surface area contributed by atoms with Crippen molar-refractivity contribution in [3.63, 3.8) is 0 Å². The first-order chi connectivity index (χ1) is 7.45. The molecule has 1 amide bonds. The summed E-state index contributed by atoms with van der Waals surface area (Å²) in [5.41, 5.74) is 0.800. The molecule has 1 aromatic rings. The molecule has 0 aliphatic carbocycles. The quantitative estimate of drug-likeness (QED) is 0.880. The monoisotopic (exact) mass is 241 g/mol. The molecule has 0 aliphatic heterocycles. The molecule has 1 aromatic heterocycles. The summed E-state index contributed by atoms with van der Waals surface area (Å²) < 4.78 is 0. The van der Waals surface area contributed by atoms with E-state index in [-0.39, 0.29) is 5.91 Å². The molecule has 0 saturated heterocycles. The molecule has 90 valence electrons. The van der Waals surface area contributed by atoms with Gasteiger partial charge in [0.05, 0.1) is 5.69 Å². The van der Waals surface area contributed by atoms with Gasteiger partial charge in [-0.15, -0.1) is 0 Å². The average molecular weight is 241 g/mol. The van der Waals surface area contributed by atoms with Gasteiger partial charge in [0.15, 0.2) is 5.13 Å². The first kappa shape index (κ1) is 13.0. The van der Waals surface area contributed by atoms with Gasteiger partial charge in [-0.25, -0.2) is 4.98 Å². The van der Waals surface area contributed by atoms with Gasteiger partial charge in [0, 0.05) is 20.1 Å². The number of amides is 1. The van der Waals surface area contributed by atoms with Crippen molar-refractivity contribution in [2.45, 2.75) is 33.2 Å². The lowest BCUT2D eigenvalue weighted by Crippen LogP contribution is -2.21. The summed E-state index contributed by atoms with van der Waals surface area (Å²) in [6, 6.07) is 0.382. The van der Waals surface area contributed by atoms with E-state index >= 15 is 0 Å². The Balaban J connectivity index is 2.85. The van der Waals surface area contributed by atoms with E-state index in [1.54, 1.807) is 19.0 Å². The van der Waals surface area contributed by atoms with E-state index in [9.17, 15) is 4.79 Å². The molecule has 1 heterocycles. The molecular weight excluding hydrogens is 222 g/mol. The molecule has 0 saturated carbocycles. The van der Waals surface area contributed by atoms with Crippen LogP contribution in [0.2, 0.25) is 0 Å². The van der Waals surface area contributed by atoms with Crippen molar-refractivity contribution < 1.29 is 4.79 Å².